The Morgan fingerprint density at radius 2 is 1.89 bits per heavy atom. The van der Waals surface area contributed by atoms with E-state index < -0.39 is 0 Å². The van der Waals surface area contributed by atoms with E-state index in [2.05, 4.69) is 62.0 Å². The first-order valence-electron chi connectivity index (χ1n) is 9.21. The molecule has 1 aliphatic rings. The summed E-state index contributed by atoms with van der Waals surface area (Å²) in [6, 6.07) is 13.5. The summed E-state index contributed by atoms with van der Waals surface area (Å²) in [5, 5.41) is 0. The molecule has 0 aromatic heterocycles. The van der Waals surface area contributed by atoms with Gasteiger partial charge in [0.25, 0.3) is 0 Å². The monoisotopic (exact) mass is 362 g/mol. The van der Waals surface area contributed by atoms with Crippen LogP contribution in [0, 0.1) is 0 Å². The summed E-state index contributed by atoms with van der Waals surface area (Å²) in [7, 11) is 2.13. The minimum absolute atomic E-state index is 0.00730. The molecule has 0 atom stereocenters. The van der Waals surface area contributed by atoms with Crippen LogP contribution in [0.15, 0.2) is 53.5 Å². The number of carbonyl (C=O) groups excluding carboxylic acids is 1. The van der Waals surface area contributed by atoms with Gasteiger partial charge in [-0.05, 0) is 75.2 Å². The number of fused-ring (bicyclic) bond motifs is 1. The lowest BCUT2D eigenvalue weighted by molar-refractivity contribution is 0.0526. The lowest BCUT2D eigenvalue weighted by Gasteiger charge is -2.40. The molecule has 4 heteroatoms. The number of rotatable bonds is 4. The lowest BCUT2D eigenvalue weighted by atomic mass is 9.89. The van der Waals surface area contributed by atoms with Gasteiger partial charge in [0, 0.05) is 24.5 Å². The maximum Gasteiger partial charge on any atom is 0.338 e. The molecule has 140 valence electrons. The summed E-state index contributed by atoms with van der Waals surface area (Å²) in [6.07, 6.45) is 4.15. The fourth-order valence-corrected chi connectivity index (χ4v) is 3.30. The van der Waals surface area contributed by atoms with Crippen LogP contribution in [-0.4, -0.2) is 31.4 Å². The number of hydrogen-bond donors (Lipinski definition) is 0. The molecule has 0 saturated carbocycles. The topological polar surface area (TPSA) is 41.9 Å². The largest absolute Gasteiger partial charge is 0.462 e. The van der Waals surface area contributed by atoms with Gasteiger partial charge in [-0.25, -0.2) is 4.79 Å². The average molecular weight is 362 g/mol. The third-order valence-corrected chi connectivity index (χ3v) is 4.98. The second kappa shape index (κ2) is 7.39. The van der Waals surface area contributed by atoms with Crippen molar-refractivity contribution in [3.63, 3.8) is 0 Å². The van der Waals surface area contributed by atoms with Crippen molar-refractivity contribution < 1.29 is 9.53 Å². The highest BCUT2D eigenvalue weighted by Crippen LogP contribution is 2.37. The highest BCUT2D eigenvalue weighted by molar-refractivity contribution is 5.91. The zero-order valence-electron chi connectivity index (χ0n) is 16.6. The van der Waals surface area contributed by atoms with Gasteiger partial charge >= 0.3 is 5.97 Å². The second-order valence-electron chi connectivity index (χ2n) is 7.34. The first-order chi connectivity index (χ1) is 12.8. The molecule has 0 bridgehead atoms. The standard InChI is InChI=1S/C23H26N2O2/c1-6-27-22(26)18-8-10-19(11-9-18)24-15-17-7-12-21-20(13-17)16(2)14-23(3,4)25(21)5/h7-15H,6H2,1-5H3. The number of nitrogens with zero attached hydrogens (tertiary/aromatic N) is 2. The van der Waals surface area contributed by atoms with Crippen molar-refractivity contribution in [2.24, 2.45) is 4.99 Å². The lowest BCUT2D eigenvalue weighted by Crippen LogP contribution is -2.42. The molecule has 0 fully saturated rings. The number of benzene rings is 2. The van der Waals surface area contributed by atoms with Gasteiger partial charge in [-0.2, -0.15) is 0 Å². The summed E-state index contributed by atoms with van der Waals surface area (Å²) < 4.78 is 5.00. The van der Waals surface area contributed by atoms with Gasteiger partial charge in [-0.1, -0.05) is 12.1 Å². The maximum absolute atomic E-state index is 11.7. The summed E-state index contributed by atoms with van der Waals surface area (Å²) in [4.78, 5) is 18.5. The van der Waals surface area contributed by atoms with E-state index in [1.54, 1.807) is 19.1 Å². The number of allylic oxidation sites excluding steroid dienone is 1. The summed E-state index contributed by atoms with van der Waals surface area (Å²) >= 11 is 0. The Balaban J connectivity index is 1.81. The fourth-order valence-electron chi connectivity index (χ4n) is 3.30. The molecule has 2 aromatic carbocycles. The van der Waals surface area contributed by atoms with E-state index in [1.165, 1.54) is 16.8 Å². The van der Waals surface area contributed by atoms with Crippen molar-refractivity contribution in [3.05, 3.63) is 65.2 Å². The van der Waals surface area contributed by atoms with Crippen LogP contribution in [0.5, 0.6) is 0 Å². The van der Waals surface area contributed by atoms with Gasteiger partial charge in [0.1, 0.15) is 0 Å². The van der Waals surface area contributed by atoms with E-state index in [-0.39, 0.29) is 11.5 Å². The van der Waals surface area contributed by atoms with Crippen LogP contribution in [0.25, 0.3) is 5.57 Å². The molecule has 0 spiro atoms. The molecular weight excluding hydrogens is 336 g/mol. The Labute approximate surface area is 161 Å². The molecule has 0 aliphatic carbocycles. The van der Waals surface area contributed by atoms with Gasteiger partial charge in [0.2, 0.25) is 0 Å². The third-order valence-electron chi connectivity index (χ3n) is 4.98. The normalized spacial score (nSPS) is 15.4. The highest BCUT2D eigenvalue weighted by atomic mass is 16.5. The molecule has 4 nitrogen and oxygen atoms in total. The van der Waals surface area contributed by atoms with Crippen LogP contribution in [0.1, 0.15) is 49.2 Å². The predicted molar refractivity (Wildman–Crippen MR) is 112 cm³/mol. The van der Waals surface area contributed by atoms with Crippen molar-refractivity contribution in [1.29, 1.82) is 0 Å². The minimum atomic E-state index is -0.308. The first kappa shape index (κ1) is 18.9. The summed E-state index contributed by atoms with van der Waals surface area (Å²) in [5.41, 5.74) is 6.13. The molecular formula is C23H26N2O2. The second-order valence-corrected chi connectivity index (χ2v) is 7.34. The summed E-state index contributed by atoms with van der Waals surface area (Å²) in [6.45, 7) is 8.76. The Bertz CT molecular complexity index is 908. The molecule has 0 radical (unpaired) electrons. The number of anilines is 1. The number of aliphatic imine (C=N–C) groups is 1. The third kappa shape index (κ3) is 3.95. The average Bonchev–Trinajstić information content (AvgIpc) is 2.65. The van der Waals surface area contributed by atoms with E-state index in [0.717, 1.165) is 11.3 Å². The molecule has 3 rings (SSSR count). The number of ether oxygens (including phenoxy) is 1. The number of hydrogen-bond acceptors (Lipinski definition) is 4. The van der Waals surface area contributed by atoms with Crippen LogP contribution in [0.2, 0.25) is 0 Å². The van der Waals surface area contributed by atoms with Gasteiger partial charge < -0.3 is 9.64 Å². The minimum Gasteiger partial charge on any atom is -0.462 e. The van der Waals surface area contributed by atoms with Gasteiger partial charge in [0.15, 0.2) is 0 Å². The number of esters is 1. The molecule has 2 aromatic rings. The number of likely N-dealkylation sites (N-methyl/N-ethyl adjacent to an activating group) is 1. The smallest absolute Gasteiger partial charge is 0.338 e. The van der Waals surface area contributed by atoms with E-state index in [0.29, 0.717) is 12.2 Å². The van der Waals surface area contributed by atoms with E-state index >= 15 is 0 Å². The summed E-state index contributed by atoms with van der Waals surface area (Å²) in [5.74, 6) is -0.308. The Hall–Kier alpha value is -2.88. The molecule has 0 saturated heterocycles. The highest BCUT2D eigenvalue weighted by Gasteiger charge is 2.28. The first-order valence-corrected chi connectivity index (χ1v) is 9.21. The van der Waals surface area contributed by atoms with Crippen molar-refractivity contribution in [2.75, 3.05) is 18.6 Å². The van der Waals surface area contributed by atoms with Gasteiger partial charge in [-0.15, -0.1) is 0 Å². The van der Waals surface area contributed by atoms with Crippen molar-refractivity contribution >= 4 is 29.1 Å². The Morgan fingerprint density at radius 3 is 2.56 bits per heavy atom. The van der Waals surface area contributed by atoms with Gasteiger partial charge in [0.05, 0.1) is 23.4 Å². The predicted octanol–water partition coefficient (Wildman–Crippen LogP) is 5.25. The van der Waals surface area contributed by atoms with Crippen LogP contribution in [-0.2, 0) is 4.74 Å². The van der Waals surface area contributed by atoms with E-state index in [9.17, 15) is 4.79 Å². The molecule has 1 heterocycles. The molecule has 1 aliphatic heterocycles. The molecule has 27 heavy (non-hydrogen) atoms. The Morgan fingerprint density at radius 1 is 1.19 bits per heavy atom. The van der Waals surface area contributed by atoms with Crippen LogP contribution in [0.4, 0.5) is 11.4 Å². The quantitative estimate of drug-likeness (QED) is 0.551. The van der Waals surface area contributed by atoms with Crippen LogP contribution >= 0.6 is 0 Å². The van der Waals surface area contributed by atoms with Crippen LogP contribution < -0.4 is 4.90 Å². The van der Waals surface area contributed by atoms with Crippen molar-refractivity contribution in [2.45, 2.75) is 33.2 Å². The molecule has 0 N–H and O–H groups in total. The van der Waals surface area contributed by atoms with E-state index in [1.807, 2.05) is 18.3 Å². The molecule has 0 unspecified atom stereocenters. The maximum atomic E-state index is 11.7. The fraction of sp³-hybridized carbons (Fsp3) is 0.304. The number of carbonyl (C=O) groups is 1. The van der Waals surface area contributed by atoms with Crippen LogP contribution in [0.3, 0.4) is 0 Å². The van der Waals surface area contributed by atoms with Crippen molar-refractivity contribution in [3.8, 4) is 0 Å². The zero-order chi connectivity index (χ0) is 19.6. The van der Waals surface area contributed by atoms with Crippen molar-refractivity contribution in [1.82, 2.24) is 0 Å². The zero-order valence-corrected chi connectivity index (χ0v) is 16.6. The van der Waals surface area contributed by atoms with Gasteiger partial charge in [-0.3, -0.25) is 4.99 Å². The Kier molecular flexibility index (Phi) is 5.17. The van der Waals surface area contributed by atoms with E-state index in [4.69, 9.17) is 4.74 Å². The molecule has 0 amide bonds. The SMILES string of the molecule is CCOC(=O)c1ccc(N=Cc2ccc3c(c2)C(C)=CC(C)(C)N3C)cc1.